The molecule has 3 heterocycles. The van der Waals surface area contributed by atoms with Crippen molar-refractivity contribution in [3.05, 3.63) is 35.5 Å². The number of fused-ring (bicyclic) bond motifs is 1. The molecule has 1 aliphatic heterocycles. The molecule has 0 aromatic carbocycles. The third-order valence-electron chi connectivity index (χ3n) is 5.02. The lowest BCUT2D eigenvalue weighted by Gasteiger charge is -2.23. The Morgan fingerprint density at radius 3 is 2.92 bits per heavy atom. The van der Waals surface area contributed by atoms with Crippen LogP contribution in [0.15, 0.2) is 22.9 Å². The standard InChI is InChI=1S/C17H25N5O3S/c1-13-8-15(20-25-13)11-21-9-14(10-22-16(12-21)5-6-18-22)4-7-19-26(23,24)17-2-3-17/h5-6,8,14,17,19H,2-4,7,9-12H2,1H3. The number of aryl methyl sites for hydroxylation is 1. The van der Waals surface area contributed by atoms with Crippen LogP contribution >= 0.6 is 0 Å². The second kappa shape index (κ2) is 7.13. The largest absolute Gasteiger partial charge is 0.361 e. The van der Waals surface area contributed by atoms with Gasteiger partial charge in [-0.05, 0) is 38.2 Å². The first-order valence-corrected chi connectivity index (χ1v) is 10.7. The predicted octanol–water partition coefficient (Wildman–Crippen LogP) is 1.28. The molecule has 9 heteroatoms. The molecule has 8 nitrogen and oxygen atoms in total. The molecule has 2 aliphatic rings. The molecule has 1 aliphatic carbocycles. The summed E-state index contributed by atoms with van der Waals surface area (Å²) in [5, 5.41) is 8.36. The van der Waals surface area contributed by atoms with Crippen LogP contribution in [0.4, 0.5) is 0 Å². The van der Waals surface area contributed by atoms with Gasteiger partial charge < -0.3 is 4.52 Å². The fourth-order valence-corrected chi connectivity index (χ4v) is 4.94. The van der Waals surface area contributed by atoms with E-state index >= 15 is 0 Å². The van der Waals surface area contributed by atoms with E-state index in [-0.39, 0.29) is 5.25 Å². The molecule has 1 atom stereocenters. The van der Waals surface area contributed by atoms with Crippen molar-refractivity contribution in [1.29, 1.82) is 0 Å². The van der Waals surface area contributed by atoms with E-state index in [4.69, 9.17) is 4.52 Å². The van der Waals surface area contributed by atoms with E-state index < -0.39 is 10.0 Å². The summed E-state index contributed by atoms with van der Waals surface area (Å²) in [5.74, 6) is 1.14. The smallest absolute Gasteiger partial charge is 0.214 e. The van der Waals surface area contributed by atoms with Gasteiger partial charge in [0.15, 0.2) is 0 Å². The summed E-state index contributed by atoms with van der Waals surface area (Å²) in [4.78, 5) is 2.33. The van der Waals surface area contributed by atoms with Crippen LogP contribution in [0, 0.1) is 12.8 Å². The van der Waals surface area contributed by atoms with Crippen molar-refractivity contribution in [2.24, 2.45) is 5.92 Å². The lowest BCUT2D eigenvalue weighted by atomic mass is 10.1. The minimum atomic E-state index is -3.11. The Morgan fingerprint density at radius 2 is 2.19 bits per heavy atom. The molecule has 1 fully saturated rings. The average molecular weight is 379 g/mol. The monoisotopic (exact) mass is 379 g/mol. The van der Waals surface area contributed by atoms with E-state index in [1.807, 2.05) is 29.9 Å². The fraction of sp³-hybridized carbons (Fsp3) is 0.647. The molecule has 2 aromatic rings. The van der Waals surface area contributed by atoms with Crippen molar-refractivity contribution in [3.8, 4) is 0 Å². The molecule has 1 saturated carbocycles. The predicted molar refractivity (Wildman–Crippen MR) is 95.6 cm³/mol. The van der Waals surface area contributed by atoms with Crippen molar-refractivity contribution in [2.45, 2.75) is 51.1 Å². The summed E-state index contributed by atoms with van der Waals surface area (Å²) in [6.45, 7) is 5.57. The zero-order valence-electron chi connectivity index (χ0n) is 15.0. The Labute approximate surface area is 153 Å². The van der Waals surface area contributed by atoms with Gasteiger partial charge in [0.05, 0.1) is 16.6 Å². The number of nitrogens with one attached hydrogen (secondary N) is 1. The van der Waals surface area contributed by atoms with Crippen LogP contribution in [0.3, 0.4) is 0 Å². The number of sulfonamides is 1. The highest BCUT2D eigenvalue weighted by molar-refractivity contribution is 7.90. The average Bonchev–Trinajstić information content (AvgIpc) is 3.29. The normalized spacial score (nSPS) is 21.5. The maximum Gasteiger partial charge on any atom is 0.214 e. The summed E-state index contributed by atoms with van der Waals surface area (Å²) in [7, 11) is -3.11. The van der Waals surface area contributed by atoms with E-state index in [0.29, 0.717) is 19.0 Å². The summed E-state index contributed by atoms with van der Waals surface area (Å²) >= 11 is 0. The SMILES string of the molecule is Cc1cc(CN2Cc3ccnn3CC(CCNS(=O)(=O)C3CC3)C2)no1. The van der Waals surface area contributed by atoms with E-state index in [0.717, 1.165) is 50.4 Å². The van der Waals surface area contributed by atoms with Crippen molar-refractivity contribution in [1.82, 2.24) is 24.6 Å². The quantitative estimate of drug-likeness (QED) is 0.779. The van der Waals surface area contributed by atoms with Crippen LogP contribution < -0.4 is 4.72 Å². The highest BCUT2D eigenvalue weighted by Gasteiger charge is 2.35. The Hall–Kier alpha value is -1.71. The van der Waals surface area contributed by atoms with E-state index in [1.165, 1.54) is 5.69 Å². The van der Waals surface area contributed by atoms with Crippen LogP contribution in [0.5, 0.6) is 0 Å². The lowest BCUT2D eigenvalue weighted by Crippen LogP contribution is -2.32. The first-order chi connectivity index (χ1) is 12.5. The molecular weight excluding hydrogens is 354 g/mol. The molecule has 142 valence electrons. The summed E-state index contributed by atoms with van der Waals surface area (Å²) in [6, 6.07) is 4.00. The second-order valence-electron chi connectivity index (χ2n) is 7.40. The molecule has 26 heavy (non-hydrogen) atoms. The third-order valence-corrected chi connectivity index (χ3v) is 6.97. The first kappa shape index (κ1) is 17.7. The molecule has 0 spiro atoms. The Morgan fingerprint density at radius 1 is 1.35 bits per heavy atom. The molecule has 0 radical (unpaired) electrons. The van der Waals surface area contributed by atoms with Crippen molar-refractivity contribution >= 4 is 10.0 Å². The minimum absolute atomic E-state index is 0.166. The van der Waals surface area contributed by atoms with Gasteiger partial charge in [0.2, 0.25) is 10.0 Å². The Bertz CT molecular complexity index is 855. The van der Waals surface area contributed by atoms with Crippen LogP contribution in [0.25, 0.3) is 0 Å². The summed E-state index contributed by atoms with van der Waals surface area (Å²) in [5.41, 5.74) is 2.09. The van der Waals surface area contributed by atoms with Gasteiger partial charge in [0, 0.05) is 45.0 Å². The van der Waals surface area contributed by atoms with Crippen molar-refractivity contribution in [2.75, 3.05) is 13.1 Å². The van der Waals surface area contributed by atoms with Gasteiger partial charge in [0.1, 0.15) is 5.76 Å². The molecule has 1 N–H and O–H groups in total. The summed E-state index contributed by atoms with van der Waals surface area (Å²) < 4.78 is 34.0. The zero-order chi connectivity index (χ0) is 18.1. The van der Waals surface area contributed by atoms with E-state index in [9.17, 15) is 8.42 Å². The van der Waals surface area contributed by atoms with E-state index in [1.54, 1.807) is 0 Å². The van der Waals surface area contributed by atoms with Crippen molar-refractivity contribution < 1.29 is 12.9 Å². The van der Waals surface area contributed by atoms with Gasteiger partial charge >= 0.3 is 0 Å². The highest BCUT2D eigenvalue weighted by atomic mass is 32.2. The van der Waals surface area contributed by atoms with Crippen LogP contribution in [0.2, 0.25) is 0 Å². The Kier molecular flexibility index (Phi) is 4.85. The van der Waals surface area contributed by atoms with Crippen molar-refractivity contribution in [3.63, 3.8) is 0 Å². The number of hydrogen-bond donors (Lipinski definition) is 1. The molecule has 2 aromatic heterocycles. The molecule has 4 rings (SSSR count). The second-order valence-corrected chi connectivity index (χ2v) is 9.44. The van der Waals surface area contributed by atoms with Gasteiger partial charge in [0.25, 0.3) is 0 Å². The topological polar surface area (TPSA) is 93.3 Å². The number of rotatable bonds is 7. The minimum Gasteiger partial charge on any atom is -0.361 e. The molecule has 0 bridgehead atoms. The van der Waals surface area contributed by atoms with Gasteiger partial charge in [-0.25, -0.2) is 13.1 Å². The third kappa shape index (κ3) is 4.16. The number of aromatic nitrogens is 3. The highest BCUT2D eigenvalue weighted by Crippen LogP contribution is 2.27. The molecule has 0 amide bonds. The van der Waals surface area contributed by atoms with Gasteiger partial charge in [-0.15, -0.1) is 0 Å². The Balaban J connectivity index is 1.40. The van der Waals surface area contributed by atoms with Crippen LogP contribution in [0.1, 0.15) is 36.4 Å². The lowest BCUT2D eigenvalue weighted by molar-refractivity contribution is 0.209. The fourth-order valence-electron chi connectivity index (χ4n) is 3.55. The summed E-state index contributed by atoms with van der Waals surface area (Å²) in [6.07, 6.45) is 4.20. The molecule has 1 unspecified atom stereocenters. The van der Waals surface area contributed by atoms with Crippen LogP contribution in [-0.2, 0) is 29.7 Å². The maximum absolute atomic E-state index is 12.0. The van der Waals surface area contributed by atoms with Gasteiger partial charge in [-0.2, -0.15) is 5.10 Å². The van der Waals surface area contributed by atoms with Gasteiger partial charge in [-0.3, -0.25) is 9.58 Å². The van der Waals surface area contributed by atoms with Crippen LogP contribution in [-0.4, -0.2) is 46.6 Å². The zero-order valence-corrected chi connectivity index (χ0v) is 15.8. The van der Waals surface area contributed by atoms with E-state index in [2.05, 4.69) is 19.9 Å². The number of hydrogen-bond acceptors (Lipinski definition) is 6. The maximum atomic E-state index is 12.0. The molecular formula is C17H25N5O3S. The first-order valence-electron chi connectivity index (χ1n) is 9.13. The molecule has 0 saturated heterocycles. The van der Waals surface area contributed by atoms with Gasteiger partial charge in [-0.1, -0.05) is 5.16 Å². The number of nitrogens with zero attached hydrogens (tertiary/aromatic N) is 4.